The molecule has 1 aliphatic rings. The second-order valence-corrected chi connectivity index (χ2v) is 4.27. The average Bonchev–Trinajstić information content (AvgIpc) is 2.67. The lowest BCUT2D eigenvalue weighted by Gasteiger charge is -2.14. The Morgan fingerprint density at radius 1 is 1.44 bits per heavy atom. The zero-order chi connectivity index (χ0) is 13.3. The highest BCUT2D eigenvalue weighted by molar-refractivity contribution is 5.79. The highest BCUT2D eigenvalue weighted by atomic mass is 19.3. The maximum atomic E-state index is 13.9. The molecule has 1 aliphatic heterocycles. The van der Waals surface area contributed by atoms with Crippen LogP contribution in [0.15, 0.2) is 12.1 Å². The molecule has 4 nitrogen and oxygen atoms in total. The van der Waals surface area contributed by atoms with Gasteiger partial charge in [0.15, 0.2) is 5.75 Å². The van der Waals surface area contributed by atoms with Gasteiger partial charge in [-0.3, -0.25) is 9.74 Å². The Bertz CT molecular complexity index is 479. The van der Waals surface area contributed by atoms with Gasteiger partial charge in [0.1, 0.15) is 11.6 Å². The van der Waals surface area contributed by atoms with Crippen molar-refractivity contribution in [2.75, 3.05) is 20.7 Å². The molecule has 0 aliphatic carbocycles. The van der Waals surface area contributed by atoms with Crippen LogP contribution in [-0.4, -0.2) is 31.5 Å². The molecule has 1 saturated heterocycles. The Morgan fingerprint density at radius 3 is 2.67 bits per heavy atom. The summed E-state index contributed by atoms with van der Waals surface area (Å²) in [5, 5.41) is 0. The number of benzene rings is 1. The van der Waals surface area contributed by atoms with Crippen LogP contribution >= 0.6 is 0 Å². The molecule has 0 radical (unpaired) electrons. The molecule has 1 fully saturated rings. The summed E-state index contributed by atoms with van der Waals surface area (Å²) in [6, 6.07) is 2.42. The Kier molecular flexibility index (Phi) is 3.36. The second-order valence-electron chi connectivity index (χ2n) is 4.27. The van der Waals surface area contributed by atoms with Crippen LogP contribution in [0.5, 0.6) is 11.5 Å². The summed E-state index contributed by atoms with van der Waals surface area (Å²) < 4.78 is 31.3. The molecular weight excluding hydrogens is 244 g/mol. The minimum Gasteiger partial charge on any atom is -0.497 e. The summed E-state index contributed by atoms with van der Waals surface area (Å²) in [5.74, 6) is -1.20. The number of nitrogens with zero attached hydrogens (tertiary/aromatic N) is 1. The van der Waals surface area contributed by atoms with E-state index in [2.05, 4.69) is 4.94 Å². The Hall–Kier alpha value is -1.85. The van der Waals surface area contributed by atoms with Crippen LogP contribution in [-0.2, 0) is 4.79 Å². The fourth-order valence-corrected chi connectivity index (χ4v) is 2.20. The molecule has 1 atom stereocenters. The number of likely N-dealkylation sites (N-methyl/N-ethyl adjacent to an activating group) is 1. The molecule has 2 rings (SSSR count). The highest BCUT2D eigenvalue weighted by Gasteiger charge is 2.33. The van der Waals surface area contributed by atoms with Crippen molar-refractivity contribution in [1.82, 2.24) is 4.90 Å². The molecule has 1 unspecified atom stereocenters. The van der Waals surface area contributed by atoms with Gasteiger partial charge in [0.05, 0.1) is 7.11 Å². The van der Waals surface area contributed by atoms with Gasteiger partial charge < -0.3 is 9.64 Å². The van der Waals surface area contributed by atoms with Gasteiger partial charge in [0.2, 0.25) is 5.91 Å². The number of methoxy groups -OCH3 is 1. The van der Waals surface area contributed by atoms with Gasteiger partial charge in [-0.25, -0.2) is 4.39 Å². The molecule has 1 amide bonds. The Balaban J connectivity index is 2.41. The number of amides is 1. The third-order valence-electron chi connectivity index (χ3n) is 3.13. The van der Waals surface area contributed by atoms with Crippen LogP contribution in [0.4, 0.5) is 8.92 Å². The zero-order valence-electron chi connectivity index (χ0n) is 10.1. The summed E-state index contributed by atoms with van der Waals surface area (Å²) in [6.45, 7) is 0.346. The van der Waals surface area contributed by atoms with E-state index in [9.17, 15) is 13.7 Å². The molecule has 98 valence electrons. The highest BCUT2D eigenvalue weighted by Crippen LogP contribution is 2.38. The van der Waals surface area contributed by atoms with Crippen LogP contribution in [0.2, 0.25) is 0 Å². The van der Waals surface area contributed by atoms with E-state index >= 15 is 0 Å². The van der Waals surface area contributed by atoms with Crippen molar-refractivity contribution in [2.45, 2.75) is 12.3 Å². The number of hydrogen-bond donors (Lipinski definition) is 0. The second kappa shape index (κ2) is 4.80. The number of halogens is 2. The lowest BCUT2D eigenvalue weighted by Crippen LogP contribution is -2.18. The van der Waals surface area contributed by atoms with Crippen molar-refractivity contribution in [1.29, 1.82) is 0 Å². The average molecular weight is 257 g/mol. The molecule has 1 aromatic carbocycles. The van der Waals surface area contributed by atoms with Crippen LogP contribution in [0, 0.1) is 5.82 Å². The molecule has 6 heteroatoms. The van der Waals surface area contributed by atoms with E-state index in [1.165, 1.54) is 18.1 Å². The predicted octanol–water partition coefficient (Wildman–Crippen LogP) is 2.04. The number of ether oxygens (including phenoxy) is 1. The van der Waals surface area contributed by atoms with E-state index in [1.807, 2.05) is 0 Å². The molecule has 18 heavy (non-hydrogen) atoms. The number of hydrogen-bond acceptors (Lipinski definition) is 3. The predicted molar refractivity (Wildman–Crippen MR) is 59.7 cm³/mol. The van der Waals surface area contributed by atoms with Crippen molar-refractivity contribution in [3.05, 3.63) is 23.5 Å². The number of rotatable bonds is 3. The molecular formula is C12H13F2NO3. The number of carbonyl (C=O) groups excluding carboxylic acids is 1. The lowest BCUT2D eigenvalue weighted by molar-refractivity contribution is -0.126. The third kappa shape index (κ3) is 2.10. The van der Waals surface area contributed by atoms with Gasteiger partial charge in [0.25, 0.3) is 0 Å². The Morgan fingerprint density at radius 2 is 2.17 bits per heavy atom. The fourth-order valence-electron chi connectivity index (χ4n) is 2.20. The minimum atomic E-state index is -0.630. The normalized spacial score (nSPS) is 19.2. The van der Waals surface area contributed by atoms with Crippen LogP contribution in [0.1, 0.15) is 17.9 Å². The topological polar surface area (TPSA) is 38.8 Å². The first-order valence-electron chi connectivity index (χ1n) is 5.46. The molecule has 0 saturated carbocycles. The SMILES string of the molecule is COc1cc(F)c(C2CC(=O)N(C)C2)c(OF)c1. The summed E-state index contributed by atoms with van der Waals surface area (Å²) in [5.41, 5.74) is 0.0796. The van der Waals surface area contributed by atoms with E-state index < -0.39 is 11.7 Å². The maximum Gasteiger partial charge on any atom is 0.223 e. The first-order chi connectivity index (χ1) is 8.56. The lowest BCUT2D eigenvalue weighted by atomic mass is 9.96. The maximum absolute atomic E-state index is 13.9. The summed E-state index contributed by atoms with van der Waals surface area (Å²) in [7, 11) is 2.98. The van der Waals surface area contributed by atoms with Gasteiger partial charge in [-0.15, -0.1) is 0 Å². The molecule has 0 N–H and O–H groups in total. The monoisotopic (exact) mass is 257 g/mol. The van der Waals surface area contributed by atoms with Gasteiger partial charge in [0, 0.05) is 48.2 Å². The van der Waals surface area contributed by atoms with Gasteiger partial charge in [-0.1, -0.05) is 0 Å². The van der Waals surface area contributed by atoms with Crippen molar-refractivity contribution < 1.29 is 23.4 Å². The smallest absolute Gasteiger partial charge is 0.223 e. The largest absolute Gasteiger partial charge is 0.497 e. The van der Waals surface area contributed by atoms with E-state index in [0.717, 1.165) is 6.07 Å². The first kappa shape index (κ1) is 12.6. The van der Waals surface area contributed by atoms with E-state index in [0.29, 0.717) is 6.54 Å². The number of likely N-dealkylation sites (tertiary alicyclic amines) is 1. The van der Waals surface area contributed by atoms with E-state index in [-0.39, 0.29) is 29.4 Å². The summed E-state index contributed by atoms with van der Waals surface area (Å²) in [6.07, 6.45) is 0.149. The number of carbonyl (C=O) groups is 1. The van der Waals surface area contributed by atoms with Crippen LogP contribution in [0.25, 0.3) is 0 Å². The molecule has 0 bridgehead atoms. The van der Waals surface area contributed by atoms with E-state index in [4.69, 9.17) is 4.74 Å². The first-order valence-corrected chi connectivity index (χ1v) is 5.46. The molecule has 1 heterocycles. The van der Waals surface area contributed by atoms with Crippen LogP contribution < -0.4 is 9.68 Å². The standard InChI is InChI=1S/C12H13F2NO3/c1-15-6-7(3-11(15)16)12-9(13)4-8(17-2)5-10(12)18-14/h4-5,7H,3,6H2,1-2H3. The summed E-state index contributed by atoms with van der Waals surface area (Å²) >= 11 is 0. The van der Waals surface area contributed by atoms with E-state index in [1.54, 1.807) is 7.05 Å². The minimum absolute atomic E-state index is 0.0796. The Labute approximate surface area is 103 Å². The fraction of sp³-hybridized carbons (Fsp3) is 0.417. The third-order valence-corrected chi connectivity index (χ3v) is 3.13. The zero-order valence-corrected chi connectivity index (χ0v) is 10.1. The van der Waals surface area contributed by atoms with Gasteiger partial charge in [-0.05, 0) is 0 Å². The quantitative estimate of drug-likeness (QED) is 0.831. The van der Waals surface area contributed by atoms with Crippen molar-refractivity contribution in [3.63, 3.8) is 0 Å². The molecule has 1 aromatic rings. The van der Waals surface area contributed by atoms with Crippen molar-refractivity contribution in [2.24, 2.45) is 0 Å². The van der Waals surface area contributed by atoms with Gasteiger partial charge >= 0.3 is 0 Å². The van der Waals surface area contributed by atoms with Crippen molar-refractivity contribution >= 4 is 5.91 Å². The van der Waals surface area contributed by atoms with Gasteiger partial charge in [-0.2, -0.15) is 0 Å². The molecule has 0 spiro atoms. The molecule has 0 aromatic heterocycles. The van der Waals surface area contributed by atoms with Crippen molar-refractivity contribution in [3.8, 4) is 11.5 Å². The van der Waals surface area contributed by atoms with Crippen LogP contribution in [0.3, 0.4) is 0 Å². The summed E-state index contributed by atoms with van der Waals surface area (Å²) in [4.78, 5) is 16.6.